The van der Waals surface area contributed by atoms with Crippen LogP contribution in [0.15, 0.2) is 54.7 Å². The molecule has 0 bridgehead atoms. The van der Waals surface area contributed by atoms with Gasteiger partial charge in [0.1, 0.15) is 35.7 Å². The maximum absolute atomic E-state index is 15.5. The van der Waals surface area contributed by atoms with Crippen LogP contribution >= 0.6 is 11.3 Å². The summed E-state index contributed by atoms with van der Waals surface area (Å²) >= 11 is 1.04. The smallest absolute Gasteiger partial charge is 0.335 e. The molecule has 9 nitrogen and oxygen atoms in total. The predicted molar refractivity (Wildman–Crippen MR) is 151 cm³/mol. The molecule has 1 atom stereocenters. The van der Waals surface area contributed by atoms with Crippen molar-refractivity contribution in [3.8, 4) is 22.2 Å². The lowest BCUT2D eigenvalue weighted by atomic mass is 10.0. The number of aromatic nitrogens is 4. The van der Waals surface area contributed by atoms with Crippen molar-refractivity contribution in [3.05, 3.63) is 88.3 Å². The standard InChI is InChI=1S/C30H24F4N4O5S/c31-20-11-19(22-2-1-3-27(37-22)42-15-28-35-12-29(44-28)43-14-25(33)34)21(32)8-17(20)10-26-36-23-5-4-16(30(39)40)9-24(23)38(26)13-18-6-7-41-18/h1-5,8-9,11-12,18,25H,6-7,10,13-15H2,(H,39,40). The van der Waals surface area contributed by atoms with Crippen molar-refractivity contribution in [2.45, 2.75) is 38.5 Å². The number of hydrogen-bond donors (Lipinski definition) is 1. The van der Waals surface area contributed by atoms with Crippen LogP contribution in [0.4, 0.5) is 17.6 Å². The minimum absolute atomic E-state index is 0.0319. The number of benzene rings is 2. The fourth-order valence-electron chi connectivity index (χ4n) is 4.72. The van der Waals surface area contributed by atoms with E-state index in [1.54, 1.807) is 22.8 Å². The first kappa shape index (κ1) is 29.5. The van der Waals surface area contributed by atoms with E-state index in [0.717, 1.165) is 29.9 Å². The number of pyridine rings is 1. The number of halogens is 4. The van der Waals surface area contributed by atoms with E-state index in [4.69, 9.17) is 14.2 Å². The second-order valence-corrected chi connectivity index (χ2v) is 11.0. The van der Waals surface area contributed by atoms with Crippen molar-refractivity contribution < 1.29 is 41.7 Å². The highest BCUT2D eigenvalue weighted by atomic mass is 32.1. The van der Waals surface area contributed by atoms with Crippen LogP contribution in [-0.2, 0) is 24.3 Å². The maximum Gasteiger partial charge on any atom is 0.335 e. The zero-order valence-electron chi connectivity index (χ0n) is 22.9. The number of hydrogen-bond acceptors (Lipinski definition) is 8. The molecule has 0 radical (unpaired) electrons. The molecule has 6 rings (SSSR count). The lowest BCUT2D eigenvalue weighted by Crippen LogP contribution is -2.31. The molecule has 1 fully saturated rings. The predicted octanol–water partition coefficient (Wildman–Crippen LogP) is 6.13. The van der Waals surface area contributed by atoms with E-state index in [9.17, 15) is 18.7 Å². The minimum atomic E-state index is -2.60. The normalized spacial score (nSPS) is 14.6. The van der Waals surface area contributed by atoms with Gasteiger partial charge in [-0.05, 0) is 48.4 Å². The zero-order chi connectivity index (χ0) is 30.8. The monoisotopic (exact) mass is 628 g/mol. The van der Waals surface area contributed by atoms with Crippen molar-refractivity contribution in [1.82, 2.24) is 19.5 Å². The Hall–Kier alpha value is -4.56. The van der Waals surface area contributed by atoms with E-state index < -0.39 is 30.6 Å². The van der Waals surface area contributed by atoms with Crippen LogP contribution in [0.2, 0.25) is 0 Å². The van der Waals surface area contributed by atoms with Gasteiger partial charge >= 0.3 is 5.97 Å². The van der Waals surface area contributed by atoms with Crippen molar-refractivity contribution in [2.24, 2.45) is 0 Å². The highest BCUT2D eigenvalue weighted by Crippen LogP contribution is 2.29. The Morgan fingerprint density at radius 3 is 2.70 bits per heavy atom. The van der Waals surface area contributed by atoms with Gasteiger partial charge in [-0.2, -0.15) is 0 Å². The molecule has 1 saturated heterocycles. The van der Waals surface area contributed by atoms with Crippen molar-refractivity contribution in [2.75, 3.05) is 13.2 Å². The van der Waals surface area contributed by atoms with Crippen LogP contribution < -0.4 is 9.47 Å². The molecule has 44 heavy (non-hydrogen) atoms. The summed E-state index contributed by atoms with van der Waals surface area (Å²) < 4.78 is 73.5. The molecule has 1 aliphatic rings. The van der Waals surface area contributed by atoms with Gasteiger partial charge in [-0.3, -0.25) is 0 Å². The number of carboxylic acids is 1. The fourth-order valence-corrected chi connectivity index (χ4v) is 5.41. The van der Waals surface area contributed by atoms with Crippen LogP contribution in [0.25, 0.3) is 22.3 Å². The van der Waals surface area contributed by atoms with Gasteiger partial charge in [0.15, 0.2) is 5.06 Å². The van der Waals surface area contributed by atoms with Crippen LogP contribution in [0.1, 0.15) is 33.2 Å². The van der Waals surface area contributed by atoms with Crippen LogP contribution in [0.5, 0.6) is 10.9 Å². The maximum atomic E-state index is 15.5. The molecule has 3 aromatic heterocycles. The van der Waals surface area contributed by atoms with Gasteiger partial charge in [-0.1, -0.05) is 17.4 Å². The third-order valence-corrected chi connectivity index (χ3v) is 7.85. The third-order valence-electron chi connectivity index (χ3n) is 6.97. The van der Waals surface area contributed by atoms with E-state index in [1.165, 1.54) is 24.4 Å². The second kappa shape index (κ2) is 12.6. The summed E-state index contributed by atoms with van der Waals surface area (Å²) in [4.78, 5) is 24.5. The quantitative estimate of drug-likeness (QED) is 0.164. The molecule has 0 saturated carbocycles. The highest BCUT2D eigenvalue weighted by molar-refractivity contribution is 7.13. The number of carboxylic acid groups (broad SMARTS) is 1. The molecular formula is C30H24F4N4O5S. The molecule has 1 unspecified atom stereocenters. The van der Waals surface area contributed by atoms with Gasteiger partial charge in [0.2, 0.25) is 5.88 Å². The Morgan fingerprint density at radius 2 is 1.95 bits per heavy atom. The van der Waals surface area contributed by atoms with Gasteiger partial charge in [0.05, 0.1) is 41.1 Å². The molecular weight excluding hydrogens is 604 g/mol. The van der Waals surface area contributed by atoms with Crippen LogP contribution in [-0.4, -0.2) is 56.3 Å². The number of ether oxygens (including phenoxy) is 3. The van der Waals surface area contributed by atoms with Gasteiger partial charge < -0.3 is 23.9 Å². The van der Waals surface area contributed by atoms with E-state index in [-0.39, 0.29) is 52.5 Å². The van der Waals surface area contributed by atoms with E-state index in [0.29, 0.717) is 35.0 Å². The van der Waals surface area contributed by atoms with Gasteiger partial charge in [0, 0.05) is 24.7 Å². The third kappa shape index (κ3) is 6.50. The molecule has 1 N–H and O–H groups in total. The molecule has 14 heteroatoms. The number of thiazole rings is 1. The lowest BCUT2D eigenvalue weighted by molar-refractivity contribution is -0.0589. The summed E-state index contributed by atoms with van der Waals surface area (Å²) in [7, 11) is 0. The second-order valence-electron chi connectivity index (χ2n) is 9.95. The Kier molecular flexibility index (Phi) is 8.44. The summed E-state index contributed by atoms with van der Waals surface area (Å²) in [6.45, 7) is 0.254. The largest absolute Gasteiger partial charge is 0.478 e. The Bertz CT molecular complexity index is 1820. The topological polar surface area (TPSA) is 109 Å². The number of rotatable bonds is 12. The molecule has 4 heterocycles. The van der Waals surface area contributed by atoms with Crippen LogP contribution in [0, 0.1) is 11.6 Å². The average molecular weight is 629 g/mol. The van der Waals surface area contributed by atoms with Crippen LogP contribution in [0.3, 0.4) is 0 Å². The first-order valence-corrected chi connectivity index (χ1v) is 14.3. The SMILES string of the molecule is O=C(O)c1ccc2nc(Cc3cc(F)c(-c4cccc(OCc5ncc(OCC(F)F)s5)n4)cc3F)n(CC3CCO3)c2c1. The molecule has 0 amide bonds. The summed E-state index contributed by atoms with van der Waals surface area (Å²) in [6, 6.07) is 11.4. The minimum Gasteiger partial charge on any atom is -0.478 e. The number of nitrogens with zero attached hydrogens (tertiary/aromatic N) is 4. The van der Waals surface area contributed by atoms with Gasteiger partial charge in [-0.25, -0.2) is 37.3 Å². The first-order valence-electron chi connectivity index (χ1n) is 13.5. The number of carbonyl (C=O) groups is 1. The average Bonchev–Trinajstić information content (AvgIpc) is 3.58. The summed E-state index contributed by atoms with van der Waals surface area (Å²) in [5.74, 6) is -1.88. The summed E-state index contributed by atoms with van der Waals surface area (Å²) in [6.07, 6.45) is -0.585. The molecule has 0 spiro atoms. The number of fused-ring (bicyclic) bond motifs is 1. The number of aromatic carboxylic acids is 1. The van der Waals surface area contributed by atoms with Crippen molar-refractivity contribution in [1.29, 1.82) is 0 Å². The molecule has 0 aliphatic carbocycles. The van der Waals surface area contributed by atoms with E-state index in [2.05, 4.69) is 15.0 Å². The van der Waals surface area contributed by atoms with Crippen molar-refractivity contribution >= 4 is 28.3 Å². The summed E-state index contributed by atoms with van der Waals surface area (Å²) in [5.41, 5.74) is 1.34. The fraction of sp³-hybridized carbons (Fsp3) is 0.267. The highest BCUT2D eigenvalue weighted by Gasteiger charge is 2.24. The molecule has 228 valence electrons. The van der Waals surface area contributed by atoms with Crippen molar-refractivity contribution in [3.63, 3.8) is 0 Å². The summed E-state index contributed by atoms with van der Waals surface area (Å²) in [5, 5.41) is 10.1. The molecule has 5 aromatic rings. The zero-order valence-corrected chi connectivity index (χ0v) is 23.7. The number of alkyl halides is 2. The Balaban J connectivity index is 1.21. The number of imidazole rings is 1. The van der Waals surface area contributed by atoms with E-state index in [1.807, 2.05) is 0 Å². The molecule has 2 aromatic carbocycles. The molecule has 1 aliphatic heterocycles. The van der Waals surface area contributed by atoms with Gasteiger partial charge in [0.25, 0.3) is 6.43 Å². The van der Waals surface area contributed by atoms with Gasteiger partial charge in [-0.15, -0.1) is 0 Å². The lowest BCUT2D eigenvalue weighted by Gasteiger charge is -2.27. The first-order chi connectivity index (χ1) is 21.2. The Labute approximate surface area is 251 Å². The Morgan fingerprint density at radius 1 is 1.11 bits per heavy atom. The van der Waals surface area contributed by atoms with E-state index >= 15 is 8.78 Å².